The first-order chi connectivity index (χ1) is 10.5. The van der Waals surface area contributed by atoms with Gasteiger partial charge >= 0.3 is 5.97 Å². The number of aliphatic carboxylic acids is 1. The fourth-order valence-electron chi connectivity index (χ4n) is 2.79. The summed E-state index contributed by atoms with van der Waals surface area (Å²) >= 11 is 5.05. The van der Waals surface area contributed by atoms with E-state index >= 15 is 0 Å². The molecule has 0 aromatic carbocycles. The molecule has 2 unspecified atom stereocenters. The Bertz CT molecular complexity index is 674. The molecule has 3 heterocycles. The summed E-state index contributed by atoms with van der Waals surface area (Å²) in [5.74, 6) is 0.0183. The van der Waals surface area contributed by atoms with Gasteiger partial charge in [-0.15, -0.1) is 21.5 Å². The highest BCUT2D eigenvalue weighted by Gasteiger charge is 2.30. The maximum absolute atomic E-state index is 11.3. The molecule has 1 saturated heterocycles. The molecule has 116 valence electrons. The van der Waals surface area contributed by atoms with Crippen molar-refractivity contribution in [1.82, 2.24) is 10.2 Å². The van der Waals surface area contributed by atoms with Crippen LogP contribution in [0.1, 0.15) is 13.3 Å². The molecular formula is C15H16BrN3O2S. The van der Waals surface area contributed by atoms with Gasteiger partial charge in [0.2, 0.25) is 0 Å². The molecule has 7 heteroatoms. The smallest absolute Gasteiger partial charge is 0.308 e. The van der Waals surface area contributed by atoms with Crippen LogP contribution in [0, 0.1) is 11.8 Å². The molecule has 0 saturated carbocycles. The van der Waals surface area contributed by atoms with Gasteiger partial charge in [-0.05, 0) is 52.5 Å². The molecule has 0 radical (unpaired) electrons. The molecule has 0 spiro atoms. The van der Waals surface area contributed by atoms with Gasteiger partial charge in [0.05, 0.1) is 14.6 Å². The minimum absolute atomic E-state index is 0.335. The highest BCUT2D eigenvalue weighted by atomic mass is 79.9. The molecule has 1 aliphatic rings. The third-order valence-corrected chi connectivity index (χ3v) is 5.46. The number of halogens is 1. The third-order valence-electron chi connectivity index (χ3n) is 3.81. The van der Waals surface area contributed by atoms with Crippen LogP contribution in [0.3, 0.4) is 0 Å². The van der Waals surface area contributed by atoms with E-state index in [4.69, 9.17) is 0 Å². The highest BCUT2D eigenvalue weighted by molar-refractivity contribution is 9.11. The molecule has 1 aliphatic heterocycles. The van der Waals surface area contributed by atoms with Crippen LogP contribution in [0.5, 0.6) is 0 Å². The van der Waals surface area contributed by atoms with Gasteiger partial charge in [-0.2, -0.15) is 0 Å². The van der Waals surface area contributed by atoms with Crippen LogP contribution >= 0.6 is 27.3 Å². The Morgan fingerprint density at radius 2 is 2.14 bits per heavy atom. The first-order valence-electron chi connectivity index (χ1n) is 7.10. The Kier molecular flexibility index (Phi) is 4.44. The van der Waals surface area contributed by atoms with Crippen molar-refractivity contribution in [2.24, 2.45) is 11.8 Å². The first-order valence-corrected chi connectivity index (χ1v) is 8.71. The standard InChI is InChI=1S/C15H16BrN3O2S/c1-9-6-10(15(20)21)8-19(7-9)14-5-2-11(17-18-14)12-3-4-13(16)22-12/h2-5,9-10H,6-8H2,1H3,(H,20,21). The molecule has 0 aliphatic carbocycles. The zero-order valence-corrected chi connectivity index (χ0v) is 14.5. The van der Waals surface area contributed by atoms with Gasteiger partial charge in [-0.25, -0.2) is 0 Å². The van der Waals surface area contributed by atoms with Crippen LogP contribution in [0.15, 0.2) is 28.1 Å². The van der Waals surface area contributed by atoms with E-state index in [9.17, 15) is 9.90 Å². The molecule has 3 rings (SSSR count). The molecule has 2 atom stereocenters. The van der Waals surface area contributed by atoms with Crippen LogP contribution in [-0.2, 0) is 4.79 Å². The average Bonchev–Trinajstić information content (AvgIpc) is 2.93. The summed E-state index contributed by atoms with van der Waals surface area (Å²) < 4.78 is 1.06. The molecule has 1 N–H and O–H groups in total. The van der Waals surface area contributed by atoms with E-state index in [1.54, 1.807) is 11.3 Å². The maximum Gasteiger partial charge on any atom is 0.308 e. The number of thiophene rings is 1. The van der Waals surface area contributed by atoms with Gasteiger partial charge in [0, 0.05) is 13.1 Å². The van der Waals surface area contributed by atoms with Crippen LogP contribution in [0.2, 0.25) is 0 Å². The van der Waals surface area contributed by atoms with Gasteiger partial charge < -0.3 is 10.0 Å². The van der Waals surface area contributed by atoms with E-state index in [-0.39, 0.29) is 5.92 Å². The number of aromatic nitrogens is 2. The molecule has 2 aromatic rings. The predicted octanol–water partition coefficient (Wildman–Crippen LogP) is 3.51. The largest absolute Gasteiger partial charge is 0.481 e. The van der Waals surface area contributed by atoms with Crippen molar-refractivity contribution >= 4 is 39.1 Å². The molecule has 0 bridgehead atoms. The Balaban J connectivity index is 1.78. The Morgan fingerprint density at radius 3 is 2.73 bits per heavy atom. The topological polar surface area (TPSA) is 66.3 Å². The van der Waals surface area contributed by atoms with E-state index in [0.717, 1.165) is 33.1 Å². The number of anilines is 1. The second-order valence-electron chi connectivity index (χ2n) is 5.66. The number of hydrogen-bond acceptors (Lipinski definition) is 5. The molecule has 2 aromatic heterocycles. The zero-order chi connectivity index (χ0) is 15.7. The first kappa shape index (κ1) is 15.4. The number of hydrogen-bond donors (Lipinski definition) is 1. The van der Waals surface area contributed by atoms with E-state index in [1.807, 2.05) is 29.2 Å². The predicted molar refractivity (Wildman–Crippen MR) is 90.2 cm³/mol. The van der Waals surface area contributed by atoms with E-state index in [2.05, 4.69) is 33.1 Å². The van der Waals surface area contributed by atoms with Crippen molar-refractivity contribution in [2.75, 3.05) is 18.0 Å². The lowest BCUT2D eigenvalue weighted by Crippen LogP contribution is -2.43. The normalized spacial score (nSPS) is 21.8. The second-order valence-corrected chi connectivity index (χ2v) is 8.12. The molecule has 5 nitrogen and oxygen atoms in total. The van der Waals surface area contributed by atoms with Crippen molar-refractivity contribution in [3.05, 3.63) is 28.1 Å². The van der Waals surface area contributed by atoms with Crippen LogP contribution in [-0.4, -0.2) is 34.4 Å². The fraction of sp³-hybridized carbons (Fsp3) is 0.400. The quantitative estimate of drug-likeness (QED) is 0.880. The van der Waals surface area contributed by atoms with Crippen molar-refractivity contribution < 1.29 is 9.90 Å². The summed E-state index contributed by atoms with van der Waals surface area (Å²) in [7, 11) is 0. The Labute approximate surface area is 141 Å². The summed E-state index contributed by atoms with van der Waals surface area (Å²) in [6.07, 6.45) is 0.723. The number of piperidine rings is 1. The number of carboxylic acid groups (broad SMARTS) is 1. The fourth-order valence-corrected chi connectivity index (χ4v) is 4.15. The number of carboxylic acids is 1. The second kappa shape index (κ2) is 6.34. The van der Waals surface area contributed by atoms with Crippen molar-refractivity contribution in [3.63, 3.8) is 0 Å². The average molecular weight is 382 g/mol. The molecule has 0 amide bonds. The summed E-state index contributed by atoms with van der Waals surface area (Å²) in [5.41, 5.74) is 0.833. The van der Waals surface area contributed by atoms with Crippen LogP contribution in [0.4, 0.5) is 5.82 Å². The lowest BCUT2D eigenvalue weighted by atomic mass is 9.90. The number of nitrogens with zero attached hydrogens (tertiary/aromatic N) is 3. The zero-order valence-electron chi connectivity index (χ0n) is 12.1. The van der Waals surface area contributed by atoms with Crippen LogP contribution in [0.25, 0.3) is 10.6 Å². The molecular weight excluding hydrogens is 366 g/mol. The van der Waals surface area contributed by atoms with E-state index < -0.39 is 5.97 Å². The minimum Gasteiger partial charge on any atom is -0.481 e. The lowest BCUT2D eigenvalue weighted by molar-refractivity contribution is -0.142. The SMILES string of the molecule is CC1CC(C(=O)O)CN(c2ccc(-c3ccc(Br)s3)nn2)C1. The summed E-state index contributed by atoms with van der Waals surface area (Å²) in [6.45, 7) is 3.40. The summed E-state index contributed by atoms with van der Waals surface area (Å²) in [4.78, 5) is 14.3. The Morgan fingerprint density at radius 1 is 1.32 bits per heavy atom. The summed E-state index contributed by atoms with van der Waals surface area (Å²) in [5, 5.41) is 17.8. The van der Waals surface area contributed by atoms with Gasteiger partial charge in [-0.1, -0.05) is 6.92 Å². The van der Waals surface area contributed by atoms with Crippen molar-refractivity contribution in [2.45, 2.75) is 13.3 Å². The molecule has 22 heavy (non-hydrogen) atoms. The van der Waals surface area contributed by atoms with E-state index in [0.29, 0.717) is 12.5 Å². The maximum atomic E-state index is 11.3. The third kappa shape index (κ3) is 3.30. The highest BCUT2D eigenvalue weighted by Crippen LogP contribution is 2.31. The lowest BCUT2D eigenvalue weighted by Gasteiger charge is -2.35. The summed E-state index contributed by atoms with van der Waals surface area (Å²) in [6, 6.07) is 7.85. The van der Waals surface area contributed by atoms with Gasteiger partial charge in [0.1, 0.15) is 5.69 Å². The molecule has 1 fully saturated rings. The van der Waals surface area contributed by atoms with Gasteiger partial charge in [-0.3, -0.25) is 4.79 Å². The minimum atomic E-state index is -0.732. The monoisotopic (exact) mass is 381 g/mol. The van der Waals surface area contributed by atoms with Gasteiger partial charge in [0.15, 0.2) is 5.82 Å². The van der Waals surface area contributed by atoms with Crippen molar-refractivity contribution in [1.29, 1.82) is 0 Å². The van der Waals surface area contributed by atoms with Crippen molar-refractivity contribution in [3.8, 4) is 10.6 Å². The van der Waals surface area contributed by atoms with E-state index in [1.165, 1.54) is 0 Å². The number of carbonyl (C=O) groups is 1. The number of rotatable bonds is 3. The van der Waals surface area contributed by atoms with Gasteiger partial charge in [0.25, 0.3) is 0 Å². The van der Waals surface area contributed by atoms with Crippen LogP contribution < -0.4 is 4.90 Å². The Hall–Kier alpha value is -1.47.